The number of hydrogen-bond acceptors (Lipinski definition) is 0. The molecular formula is C8H11Te. The van der Waals surface area contributed by atoms with Gasteiger partial charge in [0, 0.05) is 0 Å². The molecule has 0 aliphatic heterocycles. The third-order valence-corrected chi connectivity index (χ3v) is 4.68. The average Bonchev–Trinajstić information content (AvgIpc) is 1.90. The monoisotopic (exact) mass is 237 g/mol. The van der Waals surface area contributed by atoms with Crippen molar-refractivity contribution < 1.29 is 0 Å². The van der Waals surface area contributed by atoms with Crippen LogP contribution in [0.4, 0.5) is 0 Å². The van der Waals surface area contributed by atoms with Gasteiger partial charge in [-0.15, -0.1) is 0 Å². The van der Waals surface area contributed by atoms with Crippen molar-refractivity contribution in [1.29, 1.82) is 0 Å². The molecule has 9 heavy (non-hydrogen) atoms. The molecule has 1 heteroatoms. The van der Waals surface area contributed by atoms with E-state index in [0.717, 1.165) is 0 Å². The van der Waals surface area contributed by atoms with Gasteiger partial charge in [0.1, 0.15) is 0 Å². The second kappa shape index (κ2) is 3.25. The summed E-state index contributed by atoms with van der Waals surface area (Å²) in [5, 5.41) is 0. The summed E-state index contributed by atoms with van der Waals surface area (Å²) in [6, 6.07) is 10.8. The van der Waals surface area contributed by atoms with Crippen LogP contribution in [0.3, 0.4) is 0 Å². The topological polar surface area (TPSA) is 0 Å². The molecule has 49 valence electrons. The summed E-state index contributed by atoms with van der Waals surface area (Å²) in [6.45, 7) is 0. The predicted octanol–water partition coefficient (Wildman–Crippen LogP) is 1.65. The summed E-state index contributed by atoms with van der Waals surface area (Å²) >= 11 is -0.795. The molecule has 0 aromatic heterocycles. The van der Waals surface area contributed by atoms with E-state index < -0.39 is 19.6 Å². The molecule has 0 aliphatic rings. The third-order valence-electron chi connectivity index (χ3n) is 1.21. The fourth-order valence-electron chi connectivity index (χ4n) is 0.693. The Hall–Kier alpha value is 0.00961. The van der Waals surface area contributed by atoms with E-state index in [1.54, 1.807) is 3.61 Å². The van der Waals surface area contributed by atoms with Gasteiger partial charge in [-0.2, -0.15) is 0 Å². The van der Waals surface area contributed by atoms with Gasteiger partial charge in [0.25, 0.3) is 0 Å². The summed E-state index contributed by atoms with van der Waals surface area (Å²) in [6.07, 6.45) is 0. The molecule has 1 aromatic rings. The summed E-state index contributed by atoms with van der Waals surface area (Å²) in [4.78, 5) is 4.75. The third kappa shape index (κ3) is 2.01. The summed E-state index contributed by atoms with van der Waals surface area (Å²) in [5.74, 6) is 0. The van der Waals surface area contributed by atoms with Crippen molar-refractivity contribution in [3.05, 3.63) is 30.3 Å². The van der Waals surface area contributed by atoms with Crippen molar-refractivity contribution in [3.8, 4) is 0 Å². The molecule has 1 rings (SSSR count). The van der Waals surface area contributed by atoms with Crippen LogP contribution < -0.4 is 3.61 Å². The maximum absolute atomic E-state index is 2.37. The van der Waals surface area contributed by atoms with Crippen molar-refractivity contribution >= 4 is 23.2 Å². The van der Waals surface area contributed by atoms with Gasteiger partial charge >= 0.3 is 63.4 Å². The van der Waals surface area contributed by atoms with Crippen molar-refractivity contribution in [3.63, 3.8) is 0 Å². The predicted molar refractivity (Wildman–Crippen MR) is 43.6 cm³/mol. The van der Waals surface area contributed by atoms with Gasteiger partial charge in [-0.25, -0.2) is 0 Å². The fraction of sp³-hybridized carbons (Fsp3) is 0.250. The Kier molecular flexibility index (Phi) is 2.57. The SMILES string of the molecule is C[Te](C)c1ccccc1. The average molecular weight is 235 g/mol. The first-order chi connectivity index (χ1) is 4.30. The second-order valence-corrected chi connectivity index (χ2v) is 8.14. The van der Waals surface area contributed by atoms with E-state index in [0.29, 0.717) is 0 Å². The molecule has 0 heterocycles. The Morgan fingerprint density at radius 1 is 1.00 bits per heavy atom. The van der Waals surface area contributed by atoms with Gasteiger partial charge in [-0.3, -0.25) is 0 Å². The minimum absolute atomic E-state index is 0.795. The number of hydrogen-bond donors (Lipinski definition) is 0. The van der Waals surface area contributed by atoms with Crippen LogP contribution in [0, 0.1) is 0 Å². The first kappa shape index (κ1) is 7.12. The molecule has 0 fully saturated rings. The van der Waals surface area contributed by atoms with Crippen molar-refractivity contribution in [2.45, 2.75) is 9.94 Å². The normalized spacial score (nSPS) is 10.1. The number of rotatable bonds is 1. The molecule has 0 amide bonds. The molecule has 0 saturated carbocycles. The Bertz CT molecular complexity index is 167. The van der Waals surface area contributed by atoms with Gasteiger partial charge < -0.3 is 0 Å². The molecule has 1 aromatic carbocycles. The standard InChI is InChI=1S/C8H11Te/c1-9(2)8-6-4-3-5-7-8/h3-7H,1-2H3. The van der Waals surface area contributed by atoms with Gasteiger partial charge in [0.15, 0.2) is 0 Å². The van der Waals surface area contributed by atoms with Crippen LogP contribution in [0.5, 0.6) is 0 Å². The summed E-state index contributed by atoms with van der Waals surface area (Å²) in [7, 11) is 0. The van der Waals surface area contributed by atoms with Crippen molar-refractivity contribution in [1.82, 2.24) is 0 Å². The molecule has 0 atom stereocenters. The van der Waals surface area contributed by atoms with E-state index in [1.807, 2.05) is 0 Å². The molecule has 0 N–H and O–H groups in total. The molecule has 0 bridgehead atoms. The summed E-state index contributed by atoms with van der Waals surface area (Å²) < 4.78 is 1.58. The second-order valence-electron chi connectivity index (χ2n) is 2.13. The zero-order valence-electron chi connectivity index (χ0n) is 5.79. The van der Waals surface area contributed by atoms with Crippen LogP contribution in [0.1, 0.15) is 0 Å². The maximum atomic E-state index is 2.37. The van der Waals surface area contributed by atoms with E-state index in [9.17, 15) is 0 Å². The van der Waals surface area contributed by atoms with Gasteiger partial charge in [-0.1, -0.05) is 0 Å². The van der Waals surface area contributed by atoms with Crippen molar-refractivity contribution in [2.75, 3.05) is 0 Å². The van der Waals surface area contributed by atoms with E-state index in [2.05, 4.69) is 40.3 Å². The molecule has 0 saturated heterocycles. The summed E-state index contributed by atoms with van der Waals surface area (Å²) in [5.41, 5.74) is 0. The Morgan fingerprint density at radius 3 is 1.89 bits per heavy atom. The van der Waals surface area contributed by atoms with Gasteiger partial charge in [-0.05, 0) is 0 Å². The van der Waals surface area contributed by atoms with Gasteiger partial charge in [0.2, 0.25) is 0 Å². The van der Waals surface area contributed by atoms with E-state index in [-0.39, 0.29) is 0 Å². The zero-order chi connectivity index (χ0) is 6.69. The van der Waals surface area contributed by atoms with Crippen LogP contribution in [0.2, 0.25) is 9.94 Å². The Labute approximate surface area is 63.5 Å². The molecule has 0 nitrogen and oxygen atoms in total. The van der Waals surface area contributed by atoms with Crippen LogP contribution in [0.15, 0.2) is 30.3 Å². The van der Waals surface area contributed by atoms with Crippen molar-refractivity contribution in [2.24, 2.45) is 0 Å². The molecule has 0 aliphatic carbocycles. The quantitative estimate of drug-likeness (QED) is 0.649. The molecular weight excluding hydrogens is 224 g/mol. The minimum atomic E-state index is -0.795. The molecule has 1 radical (unpaired) electrons. The molecule has 0 spiro atoms. The first-order valence-corrected chi connectivity index (χ1v) is 8.76. The van der Waals surface area contributed by atoms with E-state index >= 15 is 0 Å². The van der Waals surface area contributed by atoms with Crippen LogP contribution in [0.25, 0.3) is 0 Å². The first-order valence-electron chi connectivity index (χ1n) is 2.93. The van der Waals surface area contributed by atoms with E-state index in [1.165, 1.54) is 0 Å². The molecule has 0 unspecified atom stereocenters. The van der Waals surface area contributed by atoms with E-state index in [4.69, 9.17) is 0 Å². The van der Waals surface area contributed by atoms with Gasteiger partial charge in [0.05, 0.1) is 0 Å². The van der Waals surface area contributed by atoms with Crippen LogP contribution >= 0.6 is 0 Å². The Morgan fingerprint density at radius 2 is 1.56 bits per heavy atom. The Balaban J connectivity index is 2.85. The zero-order valence-corrected chi connectivity index (χ0v) is 8.13. The number of benzene rings is 1. The fourth-order valence-corrected chi connectivity index (χ4v) is 2.69. The van der Waals surface area contributed by atoms with Crippen LogP contribution in [-0.4, -0.2) is 19.6 Å². The van der Waals surface area contributed by atoms with Crippen LogP contribution in [-0.2, 0) is 0 Å².